The van der Waals surface area contributed by atoms with Crippen LogP contribution in [-0.2, 0) is 10.0 Å². The molecule has 0 radical (unpaired) electrons. The van der Waals surface area contributed by atoms with Gasteiger partial charge in [0, 0.05) is 4.47 Å². The number of benzene rings is 1. The summed E-state index contributed by atoms with van der Waals surface area (Å²) in [5.41, 5.74) is 5.33. The fourth-order valence-electron chi connectivity index (χ4n) is 1.15. The van der Waals surface area contributed by atoms with Crippen LogP contribution in [0.4, 0.5) is 15.2 Å². The molecule has 6 nitrogen and oxygen atoms in total. The van der Waals surface area contributed by atoms with E-state index in [1.807, 2.05) is 0 Å². The number of nitrogens with one attached hydrogen (secondary N) is 1. The summed E-state index contributed by atoms with van der Waals surface area (Å²) in [4.78, 5) is 0. The van der Waals surface area contributed by atoms with E-state index in [1.54, 1.807) is 0 Å². The van der Waals surface area contributed by atoms with Gasteiger partial charge in [-0.15, -0.1) is 10.2 Å². The molecular formula is C8H5BrClFN4O2S2. The number of nitrogens with two attached hydrogens (primary N) is 1. The first kappa shape index (κ1) is 14.4. The van der Waals surface area contributed by atoms with E-state index >= 15 is 0 Å². The molecule has 0 saturated heterocycles. The van der Waals surface area contributed by atoms with Crippen LogP contribution in [0.2, 0.25) is 5.02 Å². The summed E-state index contributed by atoms with van der Waals surface area (Å²) in [6.45, 7) is 0. The molecule has 1 aromatic carbocycles. The number of hydrogen-bond donors (Lipinski definition) is 2. The van der Waals surface area contributed by atoms with Gasteiger partial charge in [-0.3, -0.25) is 4.72 Å². The minimum Gasteiger partial charge on any atom is -0.374 e. The smallest absolute Gasteiger partial charge is 0.291 e. The van der Waals surface area contributed by atoms with Gasteiger partial charge in [-0.25, -0.2) is 4.39 Å². The Morgan fingerprint density at radius 1 is 1.42 bits per heavy atom. The number of sulfonamides is 1. The van der Waals surface area contributed by atoms with E-state index in [4.69, 9.17) is 17.3 Å². The Balaban J connectivity index is 2.41. The van der Waals surface area contributed by atoms with Crippen LogP contribution >= 0.6 is 38.9 Å². The van der Waals surface area contributed by atoms with Gasteiger partial charge in [0.1, 0.15) is 5.82 Å². The average Bonchev–Trinajstić information content (AvgIpc) is 2.71. The summed E-state index contributed by atoms with van der Waals surface area (Å²) in [6.07, 6.45) is 0. The molecule has 2 aromatic rings. The van der Waals surface area contributed by atoms with Crippen molar-refractivity contribution >= 4 is 59.7 Å². The molecule has 0 bridgehead atoms. The van der Waals surface area contributed by atoms with Gasteiger partial charge in [-0.2, -0.15) is 8.42 Å². The first-order valence-electron chi connectivity index (χ1n) is 4.56. The molecule has 0 fully saturated rings. The fourth-order valence-corrected chi connectivity index (χ4v) is 4.12. The third-order valence-electron chi connectivity index (χ3n) is 1.90. The SMILES string of the molecule is Nc1nnc(S(=O)(=O)Nc2c(Cl)cc(F)cc2Br)s1. The van der Waals surface area contributed by atoms with Crippen LogP contribution in [0.15, 0.2) is 20.9 Å². The lowest BCUT2D eigenvalue weighted by molar-refractivity contribution is 0.599. The van der Waals surface area contributed by atoms with Crippen LogP contribution in [0, 0.1) is 5.82 Å². The third-order valence-corrected chi connectivity index (χ3v) is 5.29. The van der Waals surface area contributed by atoms with Crippen LogP contribution in [0.1, 0.15) is 0 Å². The quantitative estimate of drug-likeness (QED) is 0.843. The summed E-state index contributed by atoms with van der Waals surface area (Å²) >= 11 is 9.50. The largest absolute Gasteiger partial charge is 0.374 e. The molecule has 102 valence electrons. The summed E-state index contributed by atoms with van der Waals surface area (Å²) < 4.78 is 39.0. The number of anilines is 2. The van der Waals surface area contributed by atoms with E-state index in [1.165, 1.54) is 0 Å². The van der Waals surface area contributed by atoms with Crippen LogP contribution in [0.25, 0.3) is 0 Å². The second-order valence-electron chi connectivity index (χ2n) is 3.26. The number of nitrogens with zero attached hydrogens (tertiary/aromatic N) is 2. The normalized spacial score (nSPS) is 11.5. The third kappa shape index (κ3) is 3.14. The lowest BCUT2D eigenvalue weighted by atomic mass is 10.3. The molecule has 3 N–H and O–H groups in total. The van der Waals surface area contributed by atoms with Crippen LogP contribution in [0.3, 0.4) is 0 Å². The second-order valence-corrected chi connectivity index (χ2v) is 7.38. The van der Waals surface area contributed by atoms with Crippen molar-refractivity contribution in [1.82, 2.24) is 10.2 Å². The van der Waals surface area contributed by atoms with Gasteiger partial charge >= 0.3 is 0 Å². The summed E-state index contributed by atoms with van der Waals surface area (Å²) in [5, 5.41) is 6.76. The first-order chi connectivity index (χ1) is 8.79. The maximum absolute atomic E-state index is 13.0. The molecule has 2 rings (SSSR count). The molecule has 11 heteroatoms. The maximum Gasteiger partial charge on any atom is 0.291 e. The maximum atomic E-state index is 13.0. The van der Waals surface area contributed by atoms with E-state index in [-0.39, 0.29) is 24.7 Å². The van der Waals surface area contributed by atoms with Gasteiger partial charge < -0.3 is 5.73 Å². The van der Waals surface area contributed by atoms with Crippen molar-refractivity contribution in [3.63, 3.8) is 0 Å². The van der Waals surface area contributed by atoms with Crippen molar-refractivity contribution in [2.75, 3.05) is 10.5 Å². The predicted octanol–water partition coefficient (Wildman–Crippen LogP) is 2.48. The molecule has 0 aliphatic rings. The van der Waals surface area contributed by atoms with Gasteiger partial charge in [0.15, 0.2) is 0 Å². The Morgan fingerprint density at radius 2 is 2.11 bits per heavy atom. The van der Waals surface area contributed by atoms with Crippen molar-refractivity contribution in [3.05, 3.63) is 27.4 Å². The van der Waals surface area contributed by atoms with Crippen molar-refractivity contribution in [3.8, 4) is 0 Å². The highest BCUT2D eigenvalue weighted by Gasteiger charge is 2.22. The zero-order valence-electron chi connectivity index (χ0n) is 8.89. The topological polar surface area (TPSA) is 98.0 Å². The molecule has 0 unspecified atom stereocenters. The Kier molecular flexibility index (Phi) is 3.95. The van der Waals surface area contributed by atoms with Gasteiger partial charge in [0.2, 0.25) is 5.13 Å². The highest BCUT2D eigenvalue weighted by molar-refractivity contribution is 9.10. The second kappa shape index (κ2) is 5.19. The van der Waals surface area contributed by atoms with E-state index in [0.29, 0.717) is 11.3 Å². The van der Waals surface area contributed by atoms with Gasteiger partial charge in [-0.1, -0.05) is 22.9 Å². The standard InChI is InChI=1S/C8H5BrClFN4O2S2/c9-4-1-3(11)2-5(10)6(4)15-19(16,17)8-14-13-7(12)18-8/h1-2,15H,(H2,12,13). The minimum atomic E-state index is -3.97. The summed E-state index contributed by atoms with van der Waals surface area (Å²) in [6, 6.07) is 2.07. The number of halogens is 3. The van der Waals surface area contributed by atoms with Crippen LogP contribution in [-0.4, -0.2) is 18.6 Å². The van der Waals surface area contributed by atoms with E-state index in [2.05, 4.69) is 30.8 Å². The van der Waals surface area contributed by atoms with E-state index in [0.717, 1.165) is 12.1 Å². The molecule has 0 amide bonds. The number of aromatic nitrogens is 2. The first-order valence-corrected chi connectivity index (χ1v) is 8.03. The Labute approximate surface area is 125 Å². The van der Waals surface area contributed by atoms with Crippen molar-refractivity contribution in [1.29, 1.82) is 0 Å². The highest BCUT2D eigenvalue weighted by atomic mass is 79.9. The van der Waals surface area contributed by atoms with Crippen molar-refractivity contribution in [2.45, 2.75) is 4.34 Å². The Bertz CT molecular complexity index is 713. The monoisotopic (exact) mass is 386 g/mol. The fraction of sp³-hybridized carbons (Fsp3) is 0. The highest BCUT2D eigenvalue weighted by Crippen LogP contribution is 2.33. The minimum absolute atomic E-state index is 0.0110. The van der Waals surface area contributed by atoms with Crippen LogP contribution in [0.5, 0.6) is 0 Å². The van der Waals surface area contributed by atoms with Gasteiger partial charge in [0.05, 0.1) is 10.7 Å². The van der Waals surface area contributed by atoms with Crippen LogP contribution < -0.4 is 10.5 Å². The molecule has 1 heterocycles. The Morgan fingerprint density at radius 3 is 2.63 bits per heavy atom. The molecule has 0 aliphatic heterocycles. The molecule has 0 spiro atoms. The average molecular weight is 388 g/mol. The molecule has 19 heavy (non-hydrogen) atoms. The lowest BCUT2D eigenvalue weighted by Gasteiger charge is -2.09. The molecule has 0 aliphatic carbocycles. The van der Waals surface area contributed by atoms with E-state index in [9.17, 15) is 12.8 Å². The molecule has 0 saturated carbocycles. The van der Waals surface area contributed by atoms with Gasteiger partial charge in [0.25, 0.3) is 14.4 Å². The lowest BCUT2D eigenvalue weighted by Crippen LogP contribution is -2.13. The van der Waals surface area contributed by atoms with Crippen molar-refractivity contribution in [2.24, 2.45) is 0 Å². The van der Waals surface area contributed by atoms with Crippen molar-refractivity contribution < 1.29 is 12.8 Å². The summed E-state index contributed by atoms with van der Waals surface area (Å²) in [7, 11) is -3.97. The zero-order valence-corrected chi connectivity index (χ0v) is 12.9. The number of rotatable bonds is 3. The molecular weight excluding hydrogens is 383 g/mol. The number of nitrogen functional groups attached to an aromatic ring is 1. The predicted molar refractivity (Wildman–Crippen MR) is 74.2 cm³/mol. The molecule has 0 atom stereocenters. The van der Waals surface area contributed by atoms with E-state index < -0.39 is 15.8 Å². The number of hydrogen-bond acceptors (Lipinski definition) is 6. The van der Waals surface area contributed by atoms with Gasteiger partial charge in [-0.05, 0) is 28.1 Å². The summed E-state index contributed by atoms with van der Waals surface area (Å²) in [5.74, 6) is -0.597. The zero-order chi connectivity index (χ0) is 14.2. The Hall–Kier alpha value is -0.970. The molecule has 1 aromatic heterocycles.